The molecule has 1 amide bonds. The van der Waals surface area contributed by atoms with Gasteiger partial charge in [0.25, 0.3) is 0 Å². The van der Waals surface area contributed by atoms with Crippen molar-refractivity contribution in [1.29, 1.82) is 0 Å². The molecule has 1 aromatic carbocycles. The zero-order valence-electron chi connectivity index (χ0n) is 13.5. The second-order valence-electron chi connectivity index (χ2n) is 5.34. The number of carboxylic acid groups (broad SMARTS) is 1. The summed E-state index contributed by atoms with van der Waals surface area (Å²) in [7, 11) is 0. The normalized spacial score (nSPS) is 10.6. The summed E-state index contributed by atoms with van der Waals surface area (Å²) >= 11 is 1.49. The molecular formula is C17H16N4O3S. The van der Waals surface area contributed by atoms with Gasteiger partial charge in [0.15, 0.2) is 0 Å². The van der Waals surface area contributed by atoms with Gasteiger partial charge in [-0.1, -0.05) is 19.1 Å². The number of aromatic carboxylic acids is 1. The molecule has 0 aliphatic heterocycles. The van der Waals surface area contributed by atoms with E-state index in [0.717, 1.165) is 22.0 Å². The van der Waals surface area contributed by atoms with Crippen molar-refractivity contribution >= 4 is 28.9 Å². The number of carbonyl (C=O) groups excluding carboxylic acids is 1. The quantitative estimate of drug-likeness (QED) is 0.707. The Morgan fingerprint density at radius 1 is 1.28 bits per heavy atom. The Morgan fingerprint density at radius 3 is 2.68 bits per heavy atom. The average molecular weight is 356 g/mol. The van der Waals surface area contributed by atoms with Crippen molar-refractivity contribution in [2.45, 2.75) is 19.9 Å². The van der Waals surface area contributed by atoms with Crippen LogP contribution in [0.25, 0.3) is 11.3 Å². The number of carboxylic acids is 1. The third-order valence-electron chi connectivity index (χ3n) is 3.51. The lowest BCUT2D eigenvalue weighted by Crippen LogP contribution is -2.08. The van der Waals surface area contributed by atoms with Crippen LogP contribution in [0.15, 0.2) is 42.0 Å². The topological polar surface area (TPSA) is 97.1 Å². The minimum Gasteiger partial charge on any atom is -0.478 e. The molecule has 0 radical (unpaired) electrons. The van der Waals surface area contributed by atoms with E-state index in [-0.39, 0.29) is 11.5 Å². The zero-order valence-corrected chi connectivity index (χ0v) is 14.3. The number of nitrogens with one attached hydrogen (secondary N) is 1. The van der Waals surface area contributed by atoms with Gasteiger partial charge in [-0.2, -0.15) is 5.10 Å². The van der Waals surface area contributed by atoms with Crippen LogP contribution in [0.4, 0.5) is 5.69 Å². The summed E-state index contributed by atoms with van der Waals surface area (Å²) in [6, 6.07) is 7.49. The molecule has 8 heteroatoms. The van der Waals surface area contributed by atoms with Crippen LogP contribution in [0.5, 0.6) is 0 Å². The highest BCUT2D eigenvalue weighted by molar-refractivity contribution is 7.09. The SMILES string of the molecule is CCC(=O)Nc1ccc(-c2csc(Cn3cc(C(=O)O)cn3)n2)cc1. The molecule has 0 atom stereocenters. The lowest BCUT2D eigenvalue weighted by atomic mass is 10.1. The first-order chi connectivity index (χ1) is 12.0. The van der Waals surface area contributed by atoms with Crippen LogP contribution < -0.4 is 5.32 Å². The fourth-order valence-electron chi connectivity index (χ4n) is 2.19. The van der Waals surface area contributed by atoms with Gasteiger partial charge in [-0.05, 0) is 12.1 Å². The van der Waals surface area contributed by atoms with E-state index in [1.165, 1.54) is 23.7 Å². The van der Waals surface area contributed by atoms with E-state index >= 15 is 0 Å². The molecule has 0 saturated carbocycles. The molecule has 0 spiro atoms. The molecule has 2 aromatic heterocycles. The number of thiazole rings is 1. The largest absolute Gasteiger partial charge is 0.478 e. The summed E-state index contributed by atoms with van der Waals surface area (Å²) in [5.41, 5.74) is 2.69. The van der Waals surface area contributed by atoms with Crippen molar-refractivity contribution in [2.24, 2.45) is 0 Å². The van der Waals surface area contributed by atoms with Crippen LogP contribution in [0.2, 0.25) is 0 Å². The molecule has 3 rings (SSSR count). The Bertz CT molecular complexity index is 899. The molecule has 2 N–H and O–H groups in total. The van der Waals surface area contributed by atoms with E-state index in [1.807, 2.05) is 29.6 Å². The van der Waals surface area contributed by atoms with Gasteiger partial charge in [-0.15, -0.1) is 11.3 Å². The number of aromatic nitrogens is 3. The van der Waals surface area contributed by atoms with Crippen LogP contribution >= 0.6 is 11.3 Å². The van der Waals surface area contributed by atoms with E-state index < -0.39 is 5.97 Å². The number of carbonyl (C=O) groups is 2. The van der Waals surface area contributed by atoms with Crippen LogP contribution in [0.3, 0.4) is 0 Å². The van der Waals surface area contributed by atoms with Crippen LogP contribution in [0, 0.1) is 0 Å². The van der Waals surface area contributed by atoms with Crippen molar-refractivity contribution in [2.75, 3.05) is 5.32 Å². The number of hydrogen-bond donors (Lipinski definition) is 2. The molecular weight excluding hydrogens is 340 g/mol. The summed E-state index contributed by atoms with van der Waals surface area (Å²) in [6.07, 6.45) is 3.24. The highest BCUT2D eigenvalue weighted by Crippen LogP contribution is 2.24. The second kappa shape index (κ2) is 7.27. The Morgan fingerprint density at radius 2 is 2.04 bits per heavy atom. The average Bonchev–Trinajstić information content (AvgIpc) is 3.25. The van der Waals surface area contributed by atoms with Gasteiger partial charge in [0.05, 0.1) is 24.0 Å². The van der Waals surface area contributed by atoms with Gasteiger partial charge >= 0.3 is 5.97 Å². The standard InChI is InChI=1S/C17H16N4O3S/c1-2-15(22)19-13-5-3-11(4-6-13)14-10-25-16(20-14)9-21-8-12(7-18-21)17(23)24/h3-8,10H,2,9H2,1H3,(H,19,22)(H,23,24). The molecule has 0 unspecified atom stereocenters. The maximum absolute atomic E-state index is 11.4. The second-order valence-corrected chi connectivity index (χ2v) is 6.28. The number of anilines is 1. The lowest BCUT2D eigenvalue weighted by molar-refractivity contribution is -0.115. The Labute approximate surface area is 148 Å². The van der Waals surface area contributed by atoms with E-state index in [0.29, 0.717) is 13.0 Å². The van der Waals surface area contributed by atoms with E-state index in [1.54, 1.807) is 11.6 Å². The maximum Gasteiger partial charge on any atom is 0.338 e. The number of nitrogens with zero attached hydrogens (tertiary/aromatic N) is 3. The van der Waals surface area contributed by atoms with Crippen molar-refractivity contribution in [3.05, 3.63) is 52.6 Å². The monoisotopic (exact) mass is 356 g/mol. The smallest absolute Gasteiger partial charge is 0.338 e. The lowest BCUT2D eigenvalue weighted by Gasteiger charge is -2.04. The van der Waals surface area contributed by atoms with Crippen LogP contribution in [0.1, 0.15) is 28.7 Å². The van der Waals surface area contributed by atoms with Gasteiger partial charge in [0.1, 0.15) is 5.01 Å². The first kappa shape index (κ1) is 16.8. The van der Waals surface area contributed by atoms with Gasteiger partial charge in [-0.25, -0.2) is 9.78 Å². The third kappa shape index (κ3) is 4.10. The summed E-state index contributed by atoms with van der Waals surface area (Å²) in [6.45, 7) is 2.22. The Kier molecular flexibility index (Phi) is 4.90. The Hall–Kier alpha value is -3.00. The molecule has 0 saturated heterocycles. The van der Waals surface area contributed by atoms with Crippen molar-refractivity contribution in [3.8, 4) is 11.3 Å². The van der Waals surface area contributed by atoms with Gasteiger partial charge < -0.3 is 10.4 Å². The fourth-order valence-corrected chi connectivity index (χ4v) is 2.98. The van der Waals surface area contributed by atoms with Crippen molar-refractivity contribution in [3.63, 3.8) is 0 Å². The zero-order chi connectivity index (χ0) is 17.8. The van der Waals surface area contributed by atoms with Gasteiger partial charge in [0.2, 0.25) is 5.91 Å². The molecule has 7 nitrogen and oxygen atoms in total. The predicted molar refractivity (Wildman–Crippen MR) is 94.8 cm³/mol. The predicted octanol–water partition coefficient (Wildman–Crippen LogP) is 3.10. The van der Waals surface area contributed by atoms with Crippen LogP contribution in [-0.2, 0) is 11.3 Å². The first-order valence-corrected chi connectivity index (χ1v) is 8.53. The molecule has 0 aliphatic carbocycles. The minimum atomic E-state index is -0.999. The number of hydrogen-bond acceptors (Lipinski definition) is 5. The van der Waals surface area contributed by atoms with Gasteiger partial charge in [-0.3, -0.25) is 9.48 Å². The molecule has 0 fully saturated rings. The van der Waals surface area contributed by atoms with E-state index in [4.69, 9.17) is 5.11 Å². The minimum absolute atomic E-state index is 0.0244. The fraction of sp³-hybridized carbons (Fsp3) is 0.176. The molecule has 0 aliphatic rings. The number of amides is 1. The summed E-state index contributed by atoms with van der Waals surface area (Å²) in [5.74, 6) is -1.02. The first-order valence-electron chi connectivity index (χ1n) is 7.65. The summed E-state index contributed by atoms with van der Waals surface area (Å²) in [5, 5.41) is 18.5. The van der Waals surface area contributed by atoms with E-state index in [2.05, 4.69) is 15.4 Å². The number of rotatable bonds is 6. The van der Waals surface area contributed by atoms with Crippen molar-refractivity contribution < 1.29 is 14.7 Å². The summed E-state index contributed by atoms with van der Waals surface area (Å²) < 4.78 is 1.55. The third-order valence-corrected chi connectivity index (χ3v) is 4.35. The molecule has 0 bridgehead atoms. The Balaban J connectivity index is 1.70. The van der Waals surface area contributed by atoms with Crippen LogP contribution in [-0.4, -0.2) is 31.7 Å². The molecule has 128 valence electrons. The molecule has 3 aromatic rings. The highest BCUT2D eigenvalue weighted by Gasteiger charge is 2.09. The summed E-state index contributed by atoms with van der Waals surface area (Å²) in [4.78, 5) is 26.8. The van der Waals surface area contributed by atoms with Crippen molar-refractivity contribution in [1.82, 2.24) is 14.8 Å². The maximum atomic E-state index is 11.4. The molecule has 2 heterocycles. The van der Waals surface area contributed by atoms with Gasteiger partial charge in [0, 0.05) is 29.2 Å². The highest BCUT2D eigenvalue weighted by atomic mass is 32.1. The molecule has 25 heavy (non-hydrogen) atoms. The van der Waals surface area contributed by atoms with E-state index in [9.17, 15) is 9.59 Å². The number of benzene rings is 1.